The van der Waals surface area contributed by atoms with Gasteiger partial charge < -0.3 is 10.4 Å². The van der Waals surface area contributed by atoms with Crippen LogP contribution in [0.4, 0.5) is 10.1 Å². The van der Waals surface area contributed by atoms with E-state index in [0.29, 0.717) is 12.1 Å². The van der Waals surface area contributed by atoms with Crippen LogP contribution < -0.4 is 5.32 Å². The molecule has 0 saturated heterocycles. The van der Waals surface area contributed by atoms with Crippen LogP contribution in [0.5, 0.6) is 0 Å². The second-order valence-corrected chi connectivity index (χ2v) is 5.04. The predicted octanol–water partition coefficient (Wildman–Crippen LogP) is 3.66. The first-order valence-electron chi connectivity index (χ1n) is 6.56. The van der Waals surface area contributed by atoms with E-state index in [0.717, 1.165) is 18.1 Å². The second kappa shape index (κ2) is 7.20. The number of hydrogen-bond acceptors (Lipinski definition) is 2. The van der Waals surface area contributed by atoms with Gasteiger partial charge in [0.2, 0.25) is 0 Å². The number of rotatable bonds is 5. The van der Waals surface area contributed by atoms with Crippen molar-refractivity contribution in [3.05, 3.63) is 64.4 Å². The molecule has 0 spiro atoms. The van der Waals surface area contributed by atoms with E-state index in [4.69, 9.17) is 16.7 Å². The Morgan fingerprint density at radius 1 is 1.24 bits per heavy atom. The number of carbonyl (C=O) groups excluding carboxylic acids is 1. The van der Waals surface area contributed by atoms with Gasteiger partial charge in [0, 0.05) is 17.3 Å². The van der Waals surface area contributed by atoms with Crippen LogP contribution in [-0.2, 0) is 6.42 Å². The van der Waals surface area contributed by atoms with Crippen molar-refractivity contribution >= 4 is 23.2 Å². The first-order chi connectivity index (χ1) is 10.1. The number of benzene rings is 2. The van der Waals surface area contributed by atoms with Gasteiger partial charge in [-0.2, -0.15) is 0 Å². The minimum Gasteiger partial charge on any atom is -0.396 e. The van der Waals surface area contributed by atoms with Crippen LogP contribution in [0.1, 0.15) is 22.3 Å². The van der Waals surface area contributed by atoms with E-state index >= 15 is 0 Å². The predicted molar refractivity (Wildman–Crippen MR) is 81.2 cm³/mol. The fourth-order valence-corrected chi connectivity index (χ4v) is 2.12. The van der Waals surface area contributed by atoms with E-state index in [1.807, 2.05) is 6.07 Å². The number of anilines is 1. The van der Waals surface area contributed by atoms with Crippen LogP contribution in [0.25, 0.3) is 0 Å². The van der Waals surface area contributed by atoms with E-state index in [2.05, 4.69) is 5.32 Å². The molecule has 0 aromatic heterocycles. The van der Waals surface area contributed by atoms with Crippen molar-refractivity contribution in [2.24, 2.45) is 0 Å². The lowest BCUT2D eigenvalue weighted by Crippen LogP contribution is -2.13. The molecule has 2 N–H and O–H groups in total. The summed E-state index contributed by atoms with van der Waals surface area (Å²) in [6, 6.07) is 11.2. The zero-order valence-corrected chi connectivity index (χ0v) is 12.0. The molecule has 21 heavy (non-hydrogen) atoms. The molecule has 3 nitrogen and oxygen atoms in total. The Labute approximate surface area is 127 Å². The normalized spacial score (nSPS) is 10.4. The van der Waals surface area contributed by atoms with Crippen molar-refractivity contribution in [3.8, 4) is 0 Å². The third-order valence-corrected chi connectivity index (χ3v) is 3.22. The van der Waals surface area contributed by atoms with Gasteiger partial charge in [0.1, 0.15) is 5.82 Å². The van der Waals surface area contributed by atoms with Gasteiger partial charge in [-0.25, -0.2) is 4.39 Å². The van der Waals surface area contributed by atoms with Gasteiger partial charge in [-0.05, 0) is 48.7 Å². The summed E-state index contributed by atoms with van der Waals surface area (Å²) in [5.74, 6) is -1.18. The lowest BCUT2D eigenvalue weighted by molar-refractivity contribution is 0.102. The minimum absolute atomic E-state index is 0.0554. The molecule has 110 valence electrons. The zero-order valence-electron chi connectivity index (χ0n) is 11.3. The summed E-state index contributed by atoms with van der Waals surface area (Å²) in [5.41, 5.74) is 1.53. The second-order valence-electron chi connectivity index (χ2n) is 4.61. The molecule has 0 bridgehead atoms. The van der Waals surface area contributed by atoms with Gasteiger partial charge in [0.15, 0.2) is 0 Å². The highest BCUT2D eigenvalue weighted by Gasteiger charge is 2.12. The number of hydrogen-bond donors (Lipinski definition) is 2. The SMILES string of the molecule is O=C(Nc1cccc(CCCO)c1)c1ccc(Cl)cc1F. The Bertz CT molecular complexity index is 646. The third kappa shape index (κ3) is 4.28. The van der Waals surface area contributed by atoms with Crippen molar-refractivity contribution in [2.75, 3.05) is 11.9 Å². The van der Waals surface area contributed by atoms with Gasteiger partial charge in [-0.3, -0.25) is 4.79 Å². The van der Waals surface area contributed by atoms with Gasteiger partial charge >= 0.3 is 0 Å². The van der Waals surface area contributed by atoms with Crippen LogP contribution in [0.15, 0.2) is 42.5 Å². The molecule has 0 atom stereocenters. The molecule has 0 saturated carbocycles. The standard InChI is InChI=1S/C16H15ClFNO2/c17-12-6-7-14(15(18)10-12)16(21)19-13-5-1-3-11(9-13)4-2-8-20/h1,3,5-7,9-10,20H,2,4,8H2,(H,19,21). The molecule has 5 heteroatoms. The maximum Gasteiger partial charge on any atom is 0.258 e. The molecule has 0 fully saturated rings. The number of aliphatic hydroxyl groups excluding tert-OH is 1. The van der Waals surface area contributed by atoms with E-state index in [9.17, 15) is 9.18 Å². The van der Waals surface area contributed by atoms with Crippen molar-refractivity contribution in [1.82, 2.24) is 0 Å². The Morgan fingerprint density at radius 3 is 2.76 bits per heavy atom. The molecule has 2 aromatic rings. The molecule has 0 unspecified atom stereocenters. The minimum atomic E-state index is -0.656. The van der Waals surface area contributed by atoms with E-state index in [1.54, 1.807) is 18.2 Å². The van der Waals surface area contributed by atoms with Gasteiger partial charge in [0.05, 0.1) is 5.56 Å². The van der Waals surface area contributed by atoms with E-state index in [1.165, 1.54) is 12.1 Å². The topological polar surface area (TPSA) is 49.3 Å². The Kier molecular flexibility index (Phi) is 5.31. The number of nitrogens with one attached hydrogen (secondary N) is 1. The Morgan fingerprint density at radius 2 is 2.05 bits per heavy atom. The zero-order chi connectivity index (χ0) is 15.2. The van der Waals surface area contributed by atoms with E-state index in [-0.39, 0.29) is 17.2 Å². The summed E-state index contributed by atoms with van der Waals surface area (Å²) in [4.78, 5) is 12.0. The third-order valence-electron chi connectivity index (χ3n) is 2.98. The Balaban J connectivity index is 2.12. The fourth-order valence-electron chi connectivity index (χ4n) is 1.96. The summed E-state index contributed by atoms with van der Waals surface area (Å²) < 4.78 is 13.7. The van der Waals surface area contributed by atoms with Crippen LogP contribution in [0.3, 0.4) is 0 Å². The maximum atomic E-state index is 13.7. The van der Waals surface area contributed by atoms with Crippen molar-refractivity contribution in [1.29, 1.82) is 0 Å². The molecule has 2 rings (SSSR count). The highest BCUT2D eigenvalue weighted by atomic mass is 35.5. The average Bonchev–Trinajstić information content (AvgIpc) is 2.45. The summed E-state index contributed by atoms with van der Waals surface area (Å²) in [5, 5.41) is 11.7. The molecule has 0 heterocycles. The largest absolute Gasteiger partial charge is 0.396 e. The number of halogens is 2. The monoisotopic (exact) mass is 307 g/mol. The Hall–Kier alpha value is -1.91. The molecule has 0 aliphatic rings. The van der Waals surface area contributed by atoms with E-state index < -0.39 is 11.7 Å². The summed E-state index contributed by atoms with van der Waals surface area (Å²) in [7, 11) is 0. The maximum absolute atomic E-state index is 13.7. The van der Waals surface area contributed by atoms with Crippen molar-refractivity contribution < 1.29 is 14.3 Å². The number of carbonyl (C=O) groups is 1. The average molecular weight is 308 g/mol. The summed E-state index contributed by atoms with van der Waals surface area (Å²) in [6.07, 6.45) is 1.37. The van der Waals surface area contributed by atoms with Gasteiger partial charge in [0.25, 0.3) is 5.91 Å². The number of aliphatic hydroxyl groups is 1. The van der Waals surface area contributed by atoms with Crippen molar-refractivity contribution in [3.63, 3.8) is 0 Å². The van der Waals surface area contributed by atoms with Crippen LogP contribution >= 0.6 is 11.6 Å². The molecule has 1 amide bonds. The molecule has 0 aliphatic carbocycles. The van der Waals surface area contributed by atoms with Gasteiger partial charge in [-0.1, -0.05) is 23.7 Å². The molecule has 2 aromatic carbocycles. The smallest absolute Gasteiger partial charge is 0.258 e. The highest BCUT2D eigenvalue weighted by molar-refractivity contribution is 6.30. The highest BCUT2D eigenvalue weighted by Crippen LogP contribution is 2.17. The summed E-state index contributed by atoms with van der Waals surface area (Å²) >= 11 is 5.66. The summed E-state index contributed by atoms with van der Waals surface area (Å²) in [6.45, 7) is 0.118. The lowest BCUT2D eigenvalue weighted by atomic mass is 10.1. The first kappa shape index (κ1) is 15.5. The van der Waals surface area contributed by atoms with Gasteiger partial charge in [-0.15, -0.1) is 0 Å². The number of amides is 1. The van der Waals surface area contributed by atoms with Crippen LogP contribution in [-0.4, -0.2) is 17.6 Å². The molecular weight excluding hydrogens is 293 g/mol. The first-order valence-corrected chi connectivity index (χ1v) is 6.94. The quantitative estimate of drug-likeness (QED) is 0.885. The van der Waals surface area contributed by atoms with Crippen molar-refractivity contribution in [2.45, 2.75) is 12.8 Å². The molecule has 0 aliphatic heterocycles. The molecular formula is C16H15ClFNO2. The molecule has 0 radical (unpaired) electrons. The lowest BCUT2D eigenvalue weighted by Gasteiger charge is -2.08. The van der Waals surface area contributed by atoms with Crippen LogP contribution in [0, 0.1) is 5.82 Å². The fraction of sp³-hybridized carbons (Fsp3) is 0.188. The van der Waals surface area contributed by atoms with Crippen LogP contribution in [0.2, 0.25) is 5.02 Å². The number of aryl methyl sites for hydroxylation is 1.